The van der Waals surface area contributed by atoms with E-state index >= 15 is 0 Å². The number of carbonyl (C=O) groups excluding carboxylic acids is 1. The Balaban J connectivity index is 2.27. The molecule has 18 heavy (non-hydrogen) atoms. The third kappa shape index (κ3) is 2.85. The molecule has 0 aliphatic heterocycles. The van der Waals surface area contributed by atoms with Gasteiger partial charge in [-0.05, 0) is 35.7 Å². The number of carbonyl (C=O) groups is 1. The Hall–Kier alpha value is -2.36. The van der Waals surface area contributed by atoms with Crippen molar-refractivity contribution >= 4 is 11.6 Å². The van der Waals surface area contributed by atoms with Crippen molar-refractivity contribution in [2.45, 2.75) is 12.3 Å². The Morgan fingerprint density at radius 2 is 2.11 bits per heavy atom. The molecule has 4 N–H and O–H groups in total. The van der Waals surface area contributed by atoms with Gasteiger partial charge in [-0.15, -0.1) is 0 Å². The molecule has 0 aliphatic carbocycles. The van der Waals surface area contributed by atoms with E-state index in [2.05, 4.69) is 4.98 Å². The average Bonchev–Trinajstić information content (AvgIpc) is 2.37. The van der Waals surface area contributed by atoms with Crippen LogP contribution in [0.3, 0.4) is 0 Å². The molecule has 1 unspecified atom stereocenters. The van der Waals surface area contributed by atoms with Gasteiger partial charge in [-0.25, -0.2) is 0 Å². The summed E-state index contributed by atoms with van der Waals surface area (Å²) in [5.74, 6) is -0.734. The minimum absolute atomic E-state index is 0.357. The van der Waals surface area contributed by atoms with Crippen LogP contribution in [0.2, 0.25) is 0 Å². The highest BCUT2D eigenvalue weighted by Gasteiger charge is 2.18. The molecule has 0 saturated carbocycles. The fourth-order valence-corrected chi connectivity index (χ4v) is 1.91. The molecule has 1 heterocycles. The van der Waals surface area contributed by atoms with Crippen LogP contribution in [0, 0.1) is 0 Å². The summed E-state index contributed by atoms with van der Waals surface area (Å²) in [5.41, 5.74) is 13.6. The highest BCUT2D eigenvalue weighted by Crippen LogP contribution is 2.22. The second-order valence-corrected chi connectivity index (χ2v) is 4.19. The Kier molecular flexibility index (Phi) is 3.57. The van der Waals surface area contributed by atoms with Crippen molar-refractivity contribution in [1.29, 1.82) is 0 Å². The normalized spacial score (nSPS) is 12.0. The number of nitrogen functional groups attached to an aromatic ring is 1. The maximum atomic E-state index is 11.6. The third-order valence-electron chi connectivity index (χ3n) is 2.82. The van der Waals surface area contributed by atoms with Crippen molar-refractivity contribution < 1.29 is 4.79 Å². The maximum Gasteiger partial charge on any atom is 0.225 e. The zero-order valence-corrected chi connectivity index (χ0v) is 9.91. The van der Waals surface area contributed by atoms with E-state index in [1.54, 1.807) is 24.5 Å². The highest BCUT2D eigenvalue weighted by molar-refractivity contribution is 5.82. The van der Waals surface area contributed by atoms with Crippen LogP contribution in [0.4, 0.5) is 5.69 Å². The van der Waals surface area contributed by atoms with Crippen LogP contribution in [0.15, 0.2) is 48.8 Å². The maximum absolute atomic E-state index is 11.6. The molecule has 4 nitrogen and oxygen atoms in total. The molecule has 2 aromatic rings. The van der Waals surface area contributed by atoms with Gasteiger partial charge in [0.2, 0.25) is 5.91 Å². The lowest BCUT2D eigenvalue weighted by molar-refractivity contribution is -0.119. The molecule has 0 radical (unpaired) electrons. The van der Waals surface area contributed by atoms with E-state index in [-0.39, 0.29) is 11.8 Å². The lowest BCUT2D eigenvalue weighted by Crippen LogP contribution is -2.23. The number of benzene rings is 1. The van der Waals surface area contributed by atoms with Crippen molar-refractivity contribution in [1.82, 2.24) is 4.98 Å². The number of primary amides is 1. The minimum Gasteiger partial charge on any atom is -0.399 e. The fourth-order valence-electron chi connectivity index (χ4n) is 1.91. The summed E-state index contributed by atoms with van der Waals surface area (Å²) in [5, 5.41) is 0. The summed E-state index contributed by atoms with van der Waals surface area (Å²) in [6, 6.07) is 11.0. The number of hydrogen-bond acceptors (Lipinski definition) is 3. The second kappa shape index (κ2) is 5.31. The van der Waals surface area contributed by atoms with Crippen LogP contribution < -0.4 is 11.5 Å². The molecular weight excluding hydrogens is 226 g/mol. The smallest absolute Gasteiger partial charge is 0.225 e. The first-order valence-corrected chi connectivity index (χ1v) is 5.70. The number of hydrogen-bond donors (Lipinski definition) is 2. The van der Waals surface area contributed by atoms with Crippen molar-refractivity contribution in [3.8, 4) is 0 Å². The lowest BCUT2D eigenvalue weighted by atomic mass is 9.92. The Bertz CT molecular complexity index is 540. The van der Waals surface area contributed by atoms with Gasteiger partial charge in [0.1, 0.15) is 0 Å². The van der Waals surface area contributed by atoms with Gasteiger partial charge in [-0.2, -0.15) is 0 Å². The lowest BCUT2D eigenvalue weighted by Gasteiger charge is -2.14. The summed E-state index contributed by atoms with van der Waals surface area (Å²) in [6.45, 7) is 0. The number of rotatable bonds is 4. The van der Waals surface area contributed by atoms with Gasteiger partial charge in [-0.3, -0.25) is 9.78 Å². The number of anilines is 1. The van der Waals surface area contributed by atoms with Gasteiger partial charge in [0, 0.05) is 18.1 Å². The molecule has 1 amide bonds. The molecule has 2 rings (SSSR count). The number of pyridine rings is 1. The average molecular weight is 241 g/mol. The summed E-state index contributed by atoms with van der Waals surface area (Å²) >= 11 is 0. The topological polar surface area (TPSA) is 82.0 Å². The van der Waals surface area contributed by atoms with Crippen LogP contribution in [0.25, 0.3) is 0 Å². The highest BCUT2D eigenvalue weighted by atomic mass is 16.1. The van der Waals surface area contributed by atoms with Crippen LogP contribution in [0.5, 0.6) is 0 Å². The Labute approximate surface area is 106 Å². The predicted octanol–water partition coefficient (Wildman–Crippen LogP) is 1.48. The molecule has 0 saturated heterocycles. The van der Waals surface area contributed by atoms with Crippen LogP contribution in [0.1, 0.15) is 17.0 Å². The first-order chi connectivity index (χ1) is 8.66. The van der Waals surface area contributed by atoms with Crippen LogP contribution >= 0.6 is 0 Å². The first-order valence-electron chi connectivity index (χ1n) is 5.70. The fraction of sp³-hybridized carbons (Fsp3) is 0.143. The van der Waals surface area contributed by atoms with Crippen molar-refractivity contribution in [3.63, 3.8) is 0 Å². The first kappa shape index (κ1) is 12.1. The number of nitrogens with two attached hydrogens (primary N) is 2. The number of aromatic nitrogens is 1. The van der Waals surface area contributed by atoms with Crippen molar-refractivity contribution in [2.75, 3.05) is 5.73 Å². The molecule has 1 aromatic carbocycles. The SMILES string of the molecule is NC(=O)C(Cc1cccnc1)c1cccc(N)c1. The van der Waals surface area contributed by atoms with E-state index < -0.39 is 0 Å². The molecule has 92 valence electrons. The molecule has 1 aromatic heterocycles. The molecular formula is C14H15N3O. The summed E-state index contributed by atoms with van der Waals surface area (Å²) < 4.78 is 0. The monoisotopic (exact) mass is 241 g/mol. The molecule has 0 spiro atoms. The molecule has 0 bridgehead atoms. The minimum atomic E-state index is -0.377. The standard InChI is InChI=1S/C14H15N3O/c15-12-5-1-4-11(8-12)13(14(16)18)7-10-3-2-6-17-9-10/h1-6,8-9,13H,7,15H2,(H2,16,18). The molecule has 0 fully saturated rings. The summed E-state index contributed by atoms with van der Waals surface area (Å²) in [6.07, 6.45) is 3.97. The summed E-state index contributed by atoms with van der Waals surface area (Å²) in [4.78, 5) is 15.6. The van der Waals surface area contributed by atoms with Gasteiger partial charge < -0.3 is 11.5 Å². The predicted molar refractivity (Wildman–Crippen MR) is 70.7 cm³/mol. The zero-order chi connectivity index (χ0) is 13.0. The van der Waals surface area contributed by atoms with Gasteiger partial charge in [0.25, 0.3) is 0 Å². The molecule has 0 aliphatic rings. The van der Waals surface area contributed by atoms with E-state index in [1.165, 1.54) is 0 Å². The Morgan fingerprint density at radius 1 is 1.28 bits per heavy atom. The molecule has 4 heteroatoms. The van der Waals surface area contributed by atoms with E-state index in [0.29, 0.717) is 12.1 Å². The van der Waals surface area contributed by atoms with Gasteiger partial charge in [-0.1, -0.05) is 18.2 Å². The Morgan fingerprint density at radius 3 is 2.72 bits per heavy atom. The summed E-state index contributed by atoms with van der Waals surface area (Å²) in [7, 11) is 0. The van der Waals surface area contributed by atoms with Crippen LogP contribution in [-0.4, -0.2) is 10.9 Å². The van der Waals surface area contributed by atoms with E-state index in [0.717, 1.165) is 11.1 Å². The quantitative estimate of drug-likeness (QED) is 0.795. The number of nitrogens with zero attached hydrogens (tertiary/aromatic N) is 1. The second-order valence-electron chi connectivity index (χ2n) is 4.19. The van der Waals surface area contributed by atoms with Crippen LogP contribution in [-0.2, 0) is 11.2 Å². The van der Waals surface area contributed by atoms with Gasteiger partial charge in [0.05, 0.1) is 5.92 Å². The largest absolute Gasteiger partial charge is 0.399 e. The van der Waals surface area contributed by atoms with E-state index in [4.69, 9.17) is 11.5 Å². The van der Waals surface area contributed by atoms with Crippen molar-refractivity contribution in [3.05, 3.63) is 59.9 Å². The van der Waals surface area contributed by atoms with Crippen molar-refractivity contribution in [2.24, 2.45) is 5.73 Å². The third-order valence-corrected chi connectivity index (χ3v) is 2.82. The van der Waals surface area contributed by atoms with Gasteiger partial charge in [0.15, 0.2) is 0 Å². The van der Waals surface area contributed by atoms with E-state index in [1.807, 2.05) is 24.3 Å². The van der Waals surface area contributed by atoms with Gasteiger partial charge >= 0.3 is 0 Å². The van der Waals surface area contributed by atoms with E-state index in [9.17, 15) is 4.79 Å². The molecule has 1 atom stereocenters. The zero-order valence-electron chi connectivity index (χ0n) is 9.91. The number of amides is 1.